The number of hydrogen-bond acceptors (Lipinski definition) is 4. The largest absolute Gasteiger partial charge is 0.497 e. The minimum Gasteiger partial charge on any atom is -0.497 e. The fraction of sp³-hybridized carbons (Fsp3) is 0.385. The normalized spacial score (nSPS) is 10.4. The van der Waals surface area contributed by atoms with Crippen LogP contribution in [0, 0.1) is 0 Å². The molecule has 0 radical (unpaired) electrons. The number of aromatic nitrogens is 3. The quantitative estimate of drug-likeness (QED) is 0.829. The molecule has 0 bridgehead atoms. The van der Waals surface area contributed by atoms with Gasteiger partial charge in [0.2, 0.25) is 0 Å². The Morgan fingerprint density at radius 1 is 1.22 bits per heavy atom. The van der Waals surface area contributed by atoms with E-state index in [1.807, 2.05) is 32.2 Å². The van der Waals surface area contributed by atoms with Crippen LogP contribution < -0.4 is 9.47 Å². The summed E-state index contributed by atoms with van der Waals surface area (Å²) in [6.07, 6.45) is 0.812. The van der Waals surface area contributed by atoms with Crippen LogP contribution in [0.3, 0.4) is 0 Å². The minimum absolute atomic E-state index is 0.729. The molecule has 18 heavy (non-hydrogen) atoms. The Kier molecular flexibility index (Phi) is 3.50. The Hall–Kier alpha value is -2.04. The van der Waals surface area contributed by atoms with E-state index < -0.39 is 0 Å². The second kappa shape index (κ2) is 5.08. The molecule has 0 saturated carbocycles. The molecule has 5 nitrogen and oxygen atoms in total. The summed E-state index contributed by atoms with van der Waals surface area (Å²) in [5, 5.41) is 4.34. The molecular weight excluding hydrogens is 230 g/mol. The molecule has 0 aliphatic rings. The van der Waals surface area contributed by atoms with Crippen LogP contribution >= 0.6 is 0 Å². The van der Waals surface area contributed by atoms with Gasteiger partial charge in [-0.1, -0.05) is 6.92 Å². The van der Waals surface area contributed by atoms with Crippen molar-refractivity contribution in [2.45, 2.75) is 13.3 Å². The molecule has 2 aromatic rings. The molecule has 1 aromatic carbocycles. The molecule has 0 N–H and O–H groups in total. The number of benzene rings is 1. The zero-order chi connectivity index (χ0) is 13.1. The molecule has 0 spiro atoms. The third-order valence-corrected chi connectivity index (χ3v) is 2.77. The fourth-order valence-corrected chi connectivity index (χ4v) is 1.81. The average molecular weight is 247 g/mol. The minimum atomic E-state index is 0.729. The van der Waals surface area contributed by atoms with E-state index in [1.54, 1.807) is 18.9 Å². The first-order chi connectivity index (χ1) is 8.69. The lowest BCUT2D eigenvalue weighted by molar-refractivity contribution is 0.395. The van der Waals surface area contributed by atoms with Gasteiger partial charge in [-0.25, -0.2) is 9.67 Å². The highest BCUT2D eigenvalue weighted by Crippen LogP contribution is 2.31. The third-order valence-electron chi connectivity index (χ3n) is 2.77. The third kappa shape index (κ3) is 2.16. The number of rotatable bonds is 4. The van der Waals surface area contributed by atoms with Crippen LogP contribution in [-0.2, 0) is 13.5 Å². The molecule has 2 rings (SSSR count). The predicted molar refractivity (Wildman–Crippen MR) is 68.9 cm³/mol. The SMILES string of the molecule is CCc1nc(-c2ccc(OC)cc2OC)n(C)n1. The van der Waals surface area contributed by atoms with Crippen molar-refractivity contribution in [1.29, 1.82) is 0 Å². The molecule has 0 atom stereocenters. The van der Waals surface area contributed by atoms with E-state index in [9.17, 15) is 0 Å². The second-order valence-corrected chi connectivity index (χ2v) is 3.90. The molecule has 0 saturated heterocycles. The van der Waals surface area contributed by atoms with Crippen molar-refractivity contribution in [2.24, 2.45) is 7.05 Å². The zero-order valence-electron chi connectivity index (χ0n) is 11.1. The molecule has 0 unspecified atom stereocenters. The van der Waals surface area contributed by atoms with Crippen molar-refractivity contribution in [3.05, 3.63) is 24.0 Å². The average Bonchev–Trinajstić information content (AvgIpc) is 2.79. The van der Waals surface area contributed by atoms with Crippen molar-refractivity contribution in [3.8, 4) is 22.9 Å². The van der Waals surface area contributed by atoms with Gasteiger partial charge in [-0.2, -0.15) is 5.10 Å². The summed E-state index contributed by atoms with van der Waals surface area (Å²) < 4.78 is 12.3. The van der Waals surface area contributed by atoms with Gasteiger partial charge < -0.3 is 9.47 Å². The van der Waals surface area contributed by atoms with Gasteiger partial charge in [0, 0.05) is 19.5 Å². The molecule has 1 aromatic heterocycles. The lowest BCUT2D eigenvalue weighted by atomic mass is 10.2. The molecule has 0 fully saturated rings. The summed E-state index contributed by atoms with van der Waals surface area (Å²) in [7, 11) is 5.15. The van der Waals surface area contributed by atoms with Crippen LogP contribution in [0.25, 0.3) is 11.4 Å². The number of aryl methyl sites for hydroxylation is 2. The van der Waals surface area contributed by atoms with Crippen molar-refractivity contribution in [2.75, 3.05) is 14.2 Å². The number of ether oxygens (including phenoxy) is 2. The van der Waals surface area contributed by atoms with E-state index in [0.717, 1.165) is 35.1 Å². The molecule has 0 amide bonds. The van der Waals surface area contributed by atoms with Crippen molar-refractivity contribution in [3.63, 3.8) is 0 Å². The topological polar surface area (TPSA) is 49.2 Å². The molecule has 5 heteroatoms. The van der Waals surface area contributed by atoms with E-state index in [-0.39, 0.29) is 0 Å². The van der Waals surface area contributed by atoms with Crippen LogP contribution in [0.1, 0.15) is 12.7 Å². The number of hydrogen-bond donors (Lipinski definition) is 0. The Balaban J connectivity index is 2.52. The van der Waals surface area contributed by atoms with E-state index in [0.29, 0.717) is 0 Å². The Bertz CT molecular complexity index is 549. The number of methoxy groups -OCH3 is 2. The van der Waals surface area contributed by atoms with E-state index in [4.69, 9.17) is 9.47 Å². The maximum absolute atomic E-state index is 5.38. The van der Waals surface area contributed by atoms with Gasteiger partial charge in [0.15, 0.2) is 11.6 Å². The highest BCUT2D eigenvalue weighted by molar-refractivity contribution is 5.66. The van der Waals surface area contributed by atoms with Crippen LogP contribution in [0.5, 0.6) is 11.5 Å². The van der Waals surface area contributed by atoms with Gasteiger partial charge >= 0.3 is 0 Å². The maximum atomic E-state index is 5.38. The standard InChI is InChI=1S/C13H17N3O2/c1-5-12-14-13(16(2)15-12)10-7-6-9(17-3)8-11(10)18-4/h6-8H,5H2,1-4H3. The lowest BCUT2D eigenvalue weighted by Crippen LogP contribution is -1.97. The summed E-state index contributed by atoms with van der Waals surface area (Å²) >= 11 is 0. The molecule has 1 heterocycles. The Morgan fingerprint density at radius 3 is 2.56 bits per heavy atom. The Morgan fingerprint density at radius 2 is 2.00 bits per heavy atom. The van der Waals surface area contributed by atoms with Gasteiger partial charge in [0.25, 0.3) is 0 Å². The summed E-state index contributed by atoms with van der Waals surface area (Å²) in [6.45, 7) is 2.03. The van der Waals surface area contributed by atoms with Crippen LogP contribution in [0.4, 0.5) is 0 Å². The first-order valence-corrected chi connectivity index (χ1v) is 5.82. The van der Waals surface area contributed by atoms with E-state index >= 15 is 0 Å². The van der Waals surface area contributed by atoms with Crippen molar-refractivity contribution >= 4 is 0 Å². The highest BCUT2D eigenvalue weighted by Gasteiger charge is 2.14. The summed E-state index contributed by atoms with van der Waals surface area (Å²) in [5.41, 5.74) is 0.910. The Labute approximate surface area is 106 Å². The summed E-state index contributed by atoms with van der Waals surface area (Å²) in [4.78, 5) is 4.49. The van der Waals surface area contributed by atoms with E-state index in [2.05, 4.69) is 10.1 Å². The molecular formula is C13H17N3O2. The van der Waals surface area contributed by atoms with Gasteiger partial charge in [-0.15, -0.1) is 0 Å². The lowest BCUT2D eigenvalue weighted by Gasteiger charge is -2.09. The van der Waals surface area contributed by atoms with Crippen LogP contribution in [0.2, 0.25) is 0 Å². The highest BCUT2D eigenvalue weighted by atomic mass is 16.5. The van der Waals surface area contributed by atoms with E-state index in [1.165, 1.54) is 0 Å². The van der Waals surface area contributed by atoms with Crippen LogP contribution in [-0.4, -0.2) is 29.0 Å². The van der Waals surface area contributed by atoms with Crippen LogP contribution in [0.15, 0.2) is 18.2 Å². The molecule has 96 valence electrons. The van der Waals surface area contributed by atoms with Gasteiger partial charge in [-0.05, 0) is 12.1 Å². The van der Waals surface area contributed by atoms with Gasteiger partial charge in [0.1, 0.15) is 11.5 Å². The summed E-state index contributed by atoms with van der Waals surface area (Å²) in [6, 6.07) is 5.66. The second-order valence-electron chi connectivity index (χ2n) is 3.90. The van der Waals surface area contributed by atoms with Crippen molar-refractivity contribution in [1.82, 2.24) is 14.8 Å². The zero-order valence-corrected chi connectivity index (χ0v) is 11.1. The van der Waals surface area contributed by atoms with Crippen molar-refractivity contribution < 1.29 is 9.47 Å². The first-order valence-electron chi connectivity index (χ1n) is 5.82. The summed E-state index contributed by atoms with van der Waals surface area (Å²) in [5.74, 6) is 3.11. The molecule has 0 aliphatic carbocycles. The van der Waals surface area contributed by atoms with Gasteiger partial charge in [0.05, 0.1) is 19.8 Å². The number of nitrogens with zero attached hydrogens (tertiary/aromatic N) is 3. The first kappa shape index (κ1) is 12.4. The maximum Gasteiger partial charge on any atom is 0.161 e. The fourth-order valence-electron chi connectivity index (χ4n) is 1.81. The smallest absolute Gasteiger partial charge is 0.161 e. The molecule has 0 aliphatic heterocycles. The van der Waals surface area contributed by atoms with Gasteiger partial charge in [-0.3, -0.25) is 0 Å². The monoisotopic (exact) mass is 247 g/mol. The predicted octanol–water partition coefficient (Wildman–Crippen LogP) is 2.06.